The highest BCUT2D eigenvalue weighted by Crippen LogP contribution is 2.20. The Morgan fingerprint density at radius 1 is 1.36 bits per heavy atom. The average Bonchev–Trinajstić information content (AvgIpc) is 2.17. The lowest BCUT2D eigenvalue weighted by atomic mass is 10.2. The van der Waals surface area contributed by atoms with Crippen LogP contribution < -0.4 is 0 Å². The number of rotatable bonds is 5. The molecular weight excluding hydrogens is 327 g/mol. The van der Waals surface area contributed by atoms with Gasteiger partial charge in [-0.2, -0.15) is 11.8 Å². The first kappa shape index (κ1) is 12.7. The molecule has 1 atom stereocenters. The van der Waals surface area contributed by atoms with Crippen LogP contribution in [0.2, 0.25) is 0 Å². The first-order chi connectivity index (χ1) is 6.72. The SMILES string of the molecule is CC(CCCl)SCc1ccc(I)cc1. The van der Waals surface area contributed by atoms with Gasteiger partial charge in [0.1, 0.15) is 0 Å². The van der Waals surface area contributed by atoms with Gasteiger partial charge in [-0.15, -0.1) is 11.6 Å². The molecule has 0 bridgehead atoms. The molecule has 1 rings (SSSR count). The molecule has 0 heterocycles. The van der Waals surface area contributed by atoms with E-state index in [-0.39, 0.29) is 0 Å². The molecule has 0 amide bonds. The molecule has 14 heavy (non-hydrogen) atoms. The summed E-state index contributed by atoms with van der Waals surface area (Å²) in [5, 5.41) is 0.659. The smallest absolute Gasteiger partial charge is 0.0233 e. The van der Waals surface area contributed by atoms with Crippen molar-refractivity contribution >= 4 is 46.0 Å². The number of hydrogen-bond donors (Lipinski definition) is 0. The van der Waals surface area contributed by atoms with Gasteiger partial charge in [0.25, 0.3) is 0 Å². The zero-order valence-electron chi connectivity index (χ0n) is 8.17. The lowest BCUT2D eigenvalue weighted by molar-refractivity contribution is 0.912. The summed E-state index contributed by atoms with van der Waals surface area (Å²) in [6.07, 6.45) is 1.09. The van der Waals surface area contributed by atoms with Gasteiger partial charge in [0.2, 0.25) is 0 Å². The van der Waals surface area contributed by atoms with Crippen molar-refractivity contribution in [3.8, 4) is 0 Å². The molecule has 1 unspecified atom stereocenters. The first-order valence-electron chi connectivity index (χ1n) is 4.64. The van der Waals surface area contributed by atoms with Crippen LogP contribution in [0.3, 0.4) is 0 Å². The summed E-state index contributed by atoms with van der Waals surface area (Å²) in [4.78, 5) is 0. The Hall–Kier alpha value is 0.590. The molecule has 1 aromatic rings. The van der Waals surface area contributed by atoms with Crippen molar-refractivity contribution in [2.45, 2.75) is 24.3 Å². The molecule has 0 spiro atoms. The summed E-state index contributed by atoms with van der Waals surface area (Å²) in [7, 11) is 0. The lowest BCUT2D eigenvalue weighted by Crippen LogP contribution is -1.97. The van der Waals surface area contributed by atoms with Crippen molar-refractivity contribution in [1.29, 1.82) is 0 Å². The van der Waals surface area contributed by atoms with E-state index in [0.29, 0.717) is 5.25 Å². The fourth-order valence-electron chi connectivity index (χ4n) is 1.06. The number of hydrogen-bond acceptors (Lipinski definition) is 1. The fraction of sp³-hybridized carbons (Fsp3) is 0.455. The highest BCUT2D eigenvalue weighted by molar-refractivity contribution is 14.1. The van der Waals surface area contributed by atoms with Gasteiger partial charge in [-0.1, -0.05) is 19.1 Å². The molecule has 0 saturated heterocycles. The second kappa shape index (κ2) is 6.96. The molecule has 3 heteroatoms. The van der Waals surface area contributed by atoms with Crippen molar-refractivity contribution in [3.05, 3.63) is 33.4 Å². The first-order valence-corrected chi connectivity index (χ1v) is 7.30. The molecule has 0 aliphatic heterocycles. The Balaban J connectivity index is 2.34. The van der Waals surface area contributed by atoms with E-state index in [9.17, 15) is 0 Å². The third kappa shape index (κ3) is 4.89. The molecule has 78 valence electrons. The standard InChI is InChI=1S/C11H14ClIS/c1-9(6-7-12)14-8-10-2-4-11(13)5-3-10/h2-5,9H,6-8H2,1H3. The molecule has 0 fully saturated rings. The minimum atomic E-state index is 0.659. The zero-order valence-corrected chi connectivity index (χ0v) is 11.9. The Kier molecular flexibility index (Phi) is 6.29. The van der Waals surface area contributed by atoms with Gasteiger partial charge in [-0.05, 0) is 46.7 Å². The highest BCUT2D eigenvalue weighted by atomic mass is 127. The maximum absolute atomic E-state index is 5.68. The molecular formula is C11H14ClIS. The molecule has 0 radical (unpaired) electrons. The van der Waals surface area contributed by atoms with Crippen LogP contribution in [0.1, 0.15) is 18.9 Å². The molecule has 0 aromatic heterocycles. The van der Waals surface area contributed by atoms with Gasteiger partial charge in [-0.3, -0.25) is 0 Å². The third-order valence-electron chi connectivity index (χ3n) is 1.96. The molecule has 0 N–H and O–H groups in total. The minimum absolute atomic E-state index is 0.659. The summed E-state index contributed by atoms with van der Waals surface area (Å²) in [6.45, 7) is 2.24. The number of halogens is 2. The van der Waals surface area contributed by atoms with E-state index in [1.54, 1.807) is 0 Å². The topological polar surface area (TPSA) is 0 Å². The Labute approximate surface area is 109 Å². The van der Waals surface area contributed by atoms with E-state index >= 15 is 0 Å². The molecule has 0 aliphatic carbocycles. The van der Waals surface area contributed by atoms with E-state index in [0.717, 1.165) is 18.1 Å². The van der Waals surface area contributed by atoms with E-state index in [4.69, 9.17) is 11.6 Å². The van der Waals surface area contributed by atoms with Gasteiger partial charge in [0.15, 0.2) is 0 Å². The van der Waals surface area contributed by atoms with Crippen LogP contribution in [-0.4, -0.2) is 11.1 Å². The van der Waals surface area contributed by atoms with Crippen LogP contribution in [0.25, 0.3) is 0 Å². The van der Waals surface area contributed by atoms with Gasteiger partial charge in [0, 0.05) is 20.5 Å². The maximum atomic E-state index is 5.68. The highest BCUT2D eigenvalue weighted by Gasteiger charge is 2.01. The number of thioether (sulfide) groups is 1. The largest absolute Gasteiger partial charge is 0.154 e. The number of benzene rings is 1. The van der Waals surface area contributed by atoms with Gasteiger partial charge >= 0.3 is 0 Å². The van der Waals surface area contributed by atoms with Crippen molar-refractivity contribution in [1.82, 2.24) is 0 Å². The van der Waals surface area contributed by atoms with Gasteiger partial charge in [0.05, 0.1) is 0 Å². The molecule has 0 nitrogen and oxygen atoms in total. The fourth-order valence-corrected chi connectivity index (χ4v) is 2.83. The summed E-state index contributed by atoms with van der Waals surface area (Å²) in [6, 6.07) is 8.70. The summed E-state index contributed by atoms with van der Waals surface area (Å²) >= 11 is 9.99. The Morgan fingerprint density at radius 2 is 2.00 bits per heavy atom. The van der Waals surface area contributed by atoms with Crippen LogP contribution in [0.5, 0.6) is 0 Å². The van der Waals surface area contributed by atoms with Gasteiger partial charge in [-0.25, -0.2) is 0 Å². The van der Waals surface area contributed by atoms with Crippen LogP contribution in [0, 0.1) is 3.57 Å². The van der Waals surface area contributed by atoms with E-state index < -0.39 is 0 Å². The van der Waals surface area contributed by atoms with Crippen LogP contribution in [0.4, 0.5) is 0 Å². The zero-order chi connectivity index (χ0) is 10.4. The lowest BCUT2D eigenvalue weighted by Gasteiger charge is -2.08. The van der Waals surface area contributed by atoms with Crippen LogP contribution in [-0.2, 0) is 5.75 Å². The van der Waals surface area contributed by atoms with E-state index in [1.807, 2.05) is 11.8 Å². The second-order valence-electron chi connectivity index (χ2n) is 3.23. The molecule has 0 aliphatic rings. The van der Waals surface area contributed by atoms with Crippen LogP contribution >= 0.6 is 46.0 Å². The van der Waals surface area contributed by atoms with E-state index in [1.165, 1.54) is 9.13 Å². The van der Waals surface area contributed by atoms with Crippen molar-refractivity contribution in [3.63, 3.8) is 0 Å². The van der Waals surface area contributed by atoms with Crippen molar-refractivity contribution < 1.29 is 0 Å². The number of alkyl halides is 1. The third-order valence-corrected chi connectivity index (χ3v) is 4.21. The van der Waals surface area contributed by atoms with Crippen LogP contribution in [0.15, 0.2) is 24.3 Å². The average molecular weight is 341 g/mol. The normalized spacial score (nSPS) is 12.8. The minimum Gasteiger partial charge on any atom is -0.154 e. The summed E-state index contributed by atoms with van der Waals surface area (Å²) in [5.74, 6) is 1.86. The maximum Gasteiger partial charge on any atom is 0.0233 e. The Bertz CT molecular complexity index is 260. The second-order valence-corrected chi connectivity index (χ2v) is 6.28. The predicted octanol–water partition coefficient (Wildman–Crippen LogP) is 4.54. The van der Waals surface area contributed by atoms with E-state index in [2.05, 4.69) is 53.8 Å². The predicted molar refractivity (Wildman–Crippen MR) is 75.3 cm³/mol. The summed E-state index contributed by atoms with van der Waals surface area (Å²) < 4.78 is 1.30. The van der Waals surface area contributed by atoms with Crippen molar-refractivity contribution in [2.75, 3.05) is 5.88 Å². The molecule has 0 saturated carbocycles. The Morgan fingerprint density at radius 3 is 2.57 bits per heavy atom. The van der Waals surface area contributed by atoms with Crippen molar-refractivity contribution in [2.24, 2.45) is 0 Å². The van der Waals surface area contributed by atoms with Gasteiger partial charge < -0.3 is 0 Å². The monoisotopic (exact) mass is 340 g/mol. The quantitative estimate of drug-likeness (QED) is 0.560. The summed E-state index contributed by atoms with van der Waals surface area (Å²) in [5.41, 5.74) is 1.40. The molecule has 1 aromatic carbocycles.